The highest BCUT2D eigenvalue weighted by atomic mass is 35.5. The van der Waals surface area contributed by atoms with Crippen LogP contribution in [0.3, 0.4) is 0 Å². The van der Waals surface area contributed by atoms with Crippen molar-refractivity contribution in [2.45, 2.75) is 23.8 Å². The predicted molar refractivity (Wildman–Crippen MR) is 76.2 cm³/mol. The maximum atomic E-state index is 11.8. The van der Waals surface area contributed by atoms with Crippen molar-refractivity contribution in [3.8, 4) is 0 Å². The SMILES string of the molecule is O=C(CSc1ccc(Cl)cc1)N[C@H]1CCCNC1. The second-order valence-electron chi connectivity index (χ2n) is 4.35. The third kappa shape index (κ3) is 4.52. The minimum absolute atomic E-state index is 0.101. The molecular formula is C13H17ClN2OS. The van der Waals surface area contributed by atoms with Gasteiger partial charge in [-0.3, -0.25) is 4.79 Å². The van der Waals surface area contributed by atoms with Gasteiger partial charge in [-0.15, -0.1) is 11.8 Å². The van der Waals surface area contributed by atoms with Gasteiger partial charge >= 0.3 is 0 Å². The molecule has 0 bridgehead atoms. The highest BCUT2D eigenvalue weighted by molar-refractivity contribution is 8.00. The molecule has 0 aromatic heterocycles. The molecule has 2 rings (SSSR count). The van der Waals surface area contributed by atoms with Gasteiger partial charge in [0.2, 0.25) is 5.91 Å². The fourth-order valence-corrected chi connectivity index (χ4v) is 2.76. The monoisotopic (exact) mass is 284 g/mol. The van der Waals surface area contributed by atoms with E-state index in [1.54, 1.807) is 0 Å². The average molecular weight is 285 g/mol. The smallest absolute Gasteiger partial charge is 0.230 e. The Morgan fingerprint density at radius 3 is 2.89 bits per heavy atom. The quantitative estimate of drug-likeness (QED) is 0.834. The zero-order valence-electron chi connectivity index (χ0n) is 10.1. The lowest BCUT2D eigenvalue weighted by molar-refractivity contribution is -0.119. The molecule has 3 nitrogen and oxygen atoms in total. The second kappa shape index (κ2) is 7.02. The Labute approximate surface area is 117 Å². The fourth-order valence-electron chi connectivity index (χ4n) is 1.92. The van der Waals surface area contributed by atoms with Crippen LogP contribution in [0.5, 0.6) is 0 Å². The molecule has 0 spiro atoms. The van der Waals surface area contributed by atoms with Crippen LogP contribution in [0, 0.1) is 0 Å². The van der Waals surface area contributed by atoms with E-state index < -0.39 is 0 Å². The fraction of sp³-hybridized carbons (Fsp3) is 0.462. The van der Waals surface area contributed by atoms with Gasteiger partial charge in [-0.1, -0.05) is 11.6 Å². The Kier molecular flexibility index (Phi) is 5.35. The van der Waals surface area contributed by atoms with E-state index in [0.717, 1.165) is 35.8 Å². The van der Waals surface area contributed by atoms with Gasteiger partial charge in [0.15, 0.2) is 0 Å². The van der Waals surface area contributed by atoms with Gasteiger partial charge in [-0.25, -0.2) is 0 Å². The number of rotatable bonds is 4. The molecule has 18 heavy (non-hydrogen) atoms. The average Bonchev–Trinajstić information content (AvgIpc) is 2.39. The lowest BCUT2D eigenvalue weighted by Gasteiger charge is -2.23. The molecule has 2 N–H and O–H groups in total. The van der Waals surface area contributed by atoms with Crippen molar-refractivity contribution in [2.75, 3.05) is 18.8 Å². The molecule has 1 aromatic rings. The van der Waals surface area contributed by atoms with Crippen molar-refractivity contribution in [1.29, 1.82) is 0 Å². The third-order valence-corrected chi connectivity index (χ3v) is 4.11. The van der Waals surface area contributed by atoms with Crippen molar-refractivity contribution in [3.05, 3.63) is 29.3 Å². The van der Waals surface area contributed by atoms with Crippen LogP contribution in [-0.2, 0) is 4.79 Å². The summed E-state index contributed by atoms with van der Waals surface area (Å²) in [6, 6.07) is 7.84. The first kappa shape index (κ1) is 13.7. The van der Waals surface area contributed by atoms with Crippen molar-refractivity contribution in [2.24, 2.45) is 0 Å². The summed E-state index contributed by atoms with van der Waals surface area (Å²) >= 11 is 7.34. The van der Waals surface area contributed by atoms with Crippen molar-refractivity contribution in [1.82, 2.24) is 10.6 Å². The standard InChI is InChI=1S/C13H17ClN2OS/c14-10-3-5-12(6-4-10)18-9-13(17)16-11-2-1-7-15-8-11/h3-6,11,15H,1-2,7-9H2,(H,16,17)/t11-/m0/s1. The molecule has 1 atom stereocenters. The van der Waals surface area contributed by atoms with E-state index in [0.29, 0.717) is 5.75 Å². The van der Waals surface area contributed by atoms with Gasteiger partial charge < -0.3 is 10.6 Å². The van der Waals surface area contributed by atoms with Crippen molar-refractivity contribution >= 4 is 29.3 Å². The first-order valence-corrected chi connectivity index (χ1v) is 7.49. The molecule has 1 amide bonds. The van der Waals surface area contributed by atoms with E-state index in [9.17, 15) is 4.79 Å². The molecule has 1 fully saturated rings. The second-order valence-corrected chi connectivity index (χ2v) is 5.84. The molecule has 0 aliphatic carbocycles. The van der Waals surface area contributed by atoms with Gasteiger partial charge in [-0.2, -0.15) is 0 Å². The molecule has 0 radical (unpaired) electrons. The summed E-state index contributed by atoms with van der Waals surface area (Å²) in [7, 11) is 0. The van der Waals surface area contributed by atoms with Gasteiger partial charge in [0.25, 0.3) is 0 Å². The number of benzene rings is 1. The highest BCUT2D eigenvalue weighted by Gasteiger charge is 2.15. The number of amides is 1. The number of hydrogen-bond donors (Lipinski definition) is 2. The summed E-state index contributed by atoms with van der Waals surface area (Å²) < 4.78 is 0. The van der Waals surface area contributed by atoms with Crippen molar-refractivity contribution in [3.63, 3.8) is 0 Å². The first-order chi connectivity index (χ1) is 8.74. The number of halogens is 1. The number of carbonyl (C=O) groups excluding carboxylic acids is 1. The predicted octanol–water partition coefficient (Wildman–Crippen LogP) is 2.30. The van der Waals surface area contributed by atoms with Gasteiger partial charge in [0.05, 0.1) is 5.75 Å². The minimum Gasteiger partial charge on any atom is -0.351 e. The Balaban J connectivity index is 1.72. The van der Waals surface area contributed by atoms with Crippen LogP contribution in [-0.4, -0.2) is 30.8 Å². The van der Waals surface area contributed by atoms with Crippen LogP contribution in [0.2, 0.25) is 5.02 Å². The van der Waals surface area contributed by atoms with Crippen LogP contribution >= 0.6 is 23.4 Å². The summed E-state index contributed by atoms with van der Waals surface area (Å²) in [5.74, 6) is 0.557. The largest absolute Gasteiger partial charge is 0.351 e. The van der Waals surface area contributed by atoms with Crippen LogP contribution in [0.4, 0.5) is 0 Å². The zero-order chi connectivity index (χ0) is 12.8. The molecule has 1 aliphatic heterocycles. The van der Waals surface area contributed by atoms with E-state index in [1.807, 2.05) is 24.3 Å². The van der Waals surface area contributed by atoms with Gasteiger partial charge in [0, 0.05) is 22.5 Å². The lowest BCUT2D eigenvalue weighted by Crippen LogP contribution is -2.46. The third-order valence-electron chi connectivity index (χ3n) is 2.85. The number of hydrogen-bond acceptors (Lipinski definition) is 3. The number of nitrogens with one attached hydrogen (secondary N) is 2. The zero-order valence-corrected chi connectivity index (χ0v) is 11.7. The molecule has 1 aliphatic rings. The van der Waals surface area contributed by atoms with E-state index in [2.05, 4.69) is 10.6 Å². The molecule has 1 saturated heterocycles. The number of thioether (sulfide) groups is 1. The van der Waals surface area contributed by atoms with Crippen LogP contribution < -0.4 is 10.6 Å². The summed E-state index contributed by atoms with van der Waals surface area (Å²) in [6.07, 6.45) is 2.21. The summed E-state index contributed by atoms with van der Waals surface area (Å²) in [6.45, 7) is 1.95. The molecule has 0 saturated carbocycles. The summed E-state index contributed by atoms with van der Waals surface area (Å²) in [5.41, 5.74) is 0. The Morgan fingerprint density at radius 2 is 2.22 bits per heavy atom. The molecule has 98 valence electrons. The summed E-state index contributed by atoms with van der Waals surface area (Å²) in [4.78, 5) is 12.8. The highest BCUT2D eigenvalue weighted by Crippen LogP contribution is 2.20. The number of piperidine rings is 1. The molecule has 0 unspecified atom stereocenters. The Bertz CT molecular complexity index is 390. The molecule has 1 aromatic carbocycles. The van der Waals surface area contributed by atoms with E-state index in [4.69, 9.17) is 11.6 Å². The van der Waals surface area contributed by atoms with E-state index in [-0.39, 0.29) is 11.9 Å². The van der Waals surface area contributed by atoms with Crippen LogP contribution in [0.15, 0.2) is 29.2 Å². The van der Waals surface area contributed by atoms with Crippen molar-refractivity contribution < 1.29 is 4.79 Å². The van der Waals surface area contributed by atoms with Crippen LogP contribution in [0.1, 0.15) is 12.8 Å². The Hall–Kier alpha value is -0.710. The maximum absolute atomic E-state index is 11.8. The van der Waals surface area contributed by atoms with E-state index in [1.165, 1.54) is 11.8 Å². The Morgan fingerprint density at radius 1 is 1.44 bits per heavy atom. The van der Waals surface area contributed by atoms with E-state index >= 15 is 0 Å². The van der Waals surface area contributed by atoms with Gasteiger partial charge in [0.1, 0.15) is 0 Å². The molecular weight excluding hydrogens is 268 g/mol. The maximum Gasteiger partial charge on any atom is 0.230 e. The normalized spacial score (nSPS) is 19.5. The lowest BCUT2D eigenvalue weighted by atomic mass is 10.1. The van der Waals surface area contributed by atoms with Crippen LogP contribution in [0.25, 0.3) is 0 Å². The first-order valence-electron chi connectivity index (χ1n) is 6.12. The minimum atomic E-state index is 0.101. The summed E-state index contributed by atoms with van der Waals surface area (Å²) in [5, 5.41) is 7.06. The molecule has 1 heterocycles. The number of carbonyl (C=O) groups is 1. The molecule has 5 heteroatoms. The van der Waals surface area contributed by atoms with Gasteiger partial charge in [-0.05, 0) is 43.7 Å². The topological polar surface area (TPSA) is 41.1 Å².